The second kappa shape index (κ2) is 5.68. The SMILES string of the molecule is COC(=O)N=Nc1c(C)[nH]n(C(=O)OC(C)(C)C)c1=O. The third-order valence-electron chi connectivity index (χ3n) is 2.02. The Labute approximate surface area is 114 Å². The highest BCUT2D eigenvalue weighted by Gasteiger charge is 2.22. The van der Waals surface area contributed by atoms with E-state index in [1.54, 1.807) is 20.8 Å². The number of aromatic nitrogens is 2. The summed E-state index contributed by atoms with van der Waals surface area (Å²) in [4.78, 5) is 34.6. The Hall–Kier alpha value is -2.45. The fourth-order valence-corrected chi connectivity index (χ4v) is 1.22. The Bertz CT molecular complexity index is 605. The van der Waals surface area contributed by atoms with E-state index < -0.39 is 23.3 Å². The summed E-state index contributed by atoms with van der Waals surface area (Å²) in [6, 6.07) is 0. The molecule has 0 aromatic carbocycles. The maximum Gasteiger partial charge on any atom is 0.452 e. The molecule has 0 atom stereocenters. The Morgan fingerprint density at radius 3 is 2.40 bits per heavy atom. The quantitative estimate of drug-likeness (QED) is 0.793. The molecule has 1 aromatic rings. The predicted molar refractivity (Wildman–Crippen MR) is 68.3 cm³/mol. The van der Waals surface area contributed by atoms with Crippen LogP contribution < -0.4 is 5.56 Å². The standard InChI is InChI=1S/C11H16N4O5/c1-6-7(12-13-9(17)19-5)8(16)15(14-6)10(18)20-11(2,3)4/h14H,1-5H3. The molecule has 0 bridgehead atoms. The van der Waals surface area contributed by atoms with Crippen LogP contribution in [0.1, 0.15) is 26.5 Å². The lowest BCUT2D eigenvalue weighted by atomic mass is 10.2. The van der Waals surface area contributed by atoms with Crippen LogP contribution in [0.15, 0.2) is 15.0 Å². The van der Waals surface area contributed by atoms with E-state index in [0.717, 1.165) is 7.11 Å². The number of carbonyl (C=O) groups excluding carboxylic acids is 2. The summed E-state index contributed by atoms with van der Waals surface area (Å²) in [5.41, 5.74) is -1.40. The van der Waals surface area contributed by atoms with Crippen molar-refractivity contribution in [2.75, 3.05) is 7.11 Å². The van der Waals surface area contributed by atoms with Gasteiger partial charge in [0.1, 0.15) is 5.60 Å². The third kappa shape index (κ3) is 3.77. The zero-order valence-corrected chi connectivity index (χ0v) is 11.9. The highest BCUT2D eigenvalue weighted by molar-refractivity contribution is 5.71. The number of hydrogen-bond acceptors (Lipinski definition) is 6. The fraction of sp³-hybridized carbons (Fsp3) is 0.545. The van der Waals surface area contributed by atoms with Gasteiger partial charge in [-0.2, -0.15) is 0 Å². The van der Waals surface area contributed by atoms with E-state index >= 15 is 0 Å². The highest BCUT2D eigenvalue weighted by Crippen LogP contribution is 2.13. The Morgan fingerprint density at radius 2 is 1.90 bits per heavy atom. The number of carbonyl (C=O) groups is 2. The smallest absolute Gasteiger partial charge is 0.450 e. The summed E-state index contributed by atoms with van der Waals surface area (Å²) in [5, 5.41) is 9.11. The first-order valence-corrected chi connectivity index (χ1v) is 5.70. The fourth-order valence-electron chi connectivity index (χ4n) is 1.22. The summed E-state index contributed by atoms with van der Waals surface area (Å²) < 4.78 is 9.97. The molecule has 1 rings (SSSR count). The Balaban J connectivity index is 3.10. The third-order valence-corrected chi connectivity index (χ3v) is 2.02. The van der Waals surface area contributed by atoms with Gasteiger partial charge in [-0.05, 0) is 27.7 Å². The molecule has 1 N–H and O–H groups in total. The summed E-state index contributed by atoms with van der Waals surface area (Å²) in [6.07, 6.45) is -1.82. The molecule has 0 aliphatic heterocycles. The van der Waals surface area contributed by atoms with Gasteiger partial charge in [0, 0.05) is 0 Å². The number of rotatable bonds is 1. The number of nitrogens with zero attached hydrogens (tertiary/aromatic N) is 3. The van der Waals surface area contributed by atoms with Gasteiger partial charge in [-0.1, -0.05) is 5.11 Å². The van der Waals surface area contributed by atoms with Crippen molar-refractivity contribution in [3.63, 3.8) is 0 Å². The lowest BCUT2D eigenvalue weighted by molar-refractivity contribution is 0.0508. The lowest BCUT2D eigenvalue weighted by Gasteiger charge is -2.18. The van der Waals surface area contributed by atoms with Crippen molar-refractivity contribution in [2.24, 2.45) is 10.2 Å². The van der Waals surface area contributed by atoms with Gasteiger partial charge < -0.3 is 9.47 Å². The number of aryl methyl sites for hydroxylation is 1. The number of nitrogens with one attached hydrogen (secondary N) is 1. The second-order valence-corrected chi connectivity index (χ2v) is 4.88. The molecule has 1 aromatic heterocycles. The minimum atomic E-state index is -0.950. The molecule has 20 heavy (non-hydrogen) atoms. The minimum absolute atomic E-state index is 0.166. The summed E-state index contributed by atoms with van der Waals surface area (Å²) in [6.45, 7) is 6.52. The summed E-state index contributed by atoms with van der Waals surface area (Å²) in [5.74, 6) is 0. The zero-order chi connectivity index (χ0) is 15.5. The monoisotopic (exact) mass is 284 g/mol. The lowest BCUT2D eigenvalue weighted by Crippen LogP contribution is -2.32. The average molecular weight is 284 g/mol. The topological polar surface area (TPSA) is 115 Å². The van der Waals surface area contributed by atoms with E-state index in [-0.39, 0.29) is 11.4 Å². The first kappa shape index (κ1) is 15.6. The van der Waals surface area contributed by atoms with E-state index in [1.165, 1.54) is 6.92 Å². The van der Waals surface area contributed by atoms with Crippen LogP contribution in [0, 0.1) is 6.92 Å². The van der Waals surface area contributed by atoms with Crippen LogP contribution in [-0.4, -0.2) is 34.7 Å². The van der Waals surface area contributed by atoms with Crippen molar-refractivity contribution in [3.05, 3.63) is 16.0 Å². The number of aromatic amines is 1. The van der Waals surface area contributed by atoms with Crippen molar-refractivity contribution in [3.8, 4) is 0 Å². The molecule has 0 saturated heterocycles. The van der Waals surface area contributed by atoms with Gasteiger partial charge in [-0.15, -0.1) is 9.80 Å². The van der Waals surface area contributed by atoms with Gasteiger partial charge in [0.25, 0.3) is 0 Å². The molecule has 0 aliphatic rings. The molecule has 1 amide bonds. The van der Waals surface area contributed by atoms with E-state index in [9.17, 15) is 14.4 Å². The van der Waals surface area contributed by atoms with Gasteiger partial charge in [-0.25, -0.2) is 9.59 Å². The van der Waals surface area contributed by atoms with Crippen LogP contribution in [0.25, 0.3) is 0 Å². The Morgan fingerprint density at radius 1 is 1.30 bits per heavy atom. The van der Waals surface area contributed by atoms with Gasteiger partial charge in [0.2, 0.25) is 0 Å². The van der Waals surface area contributed by atoms with Crippen molar-refractivity contribution in [1.82, 2.24) is 9.78 Å². The summed E-state index contributed by atoms with van der Waals surface area (Å²) >= 11 is 0. The van der Waals surface area contributed by atoms with Crippen LogP contribution in [0.2, 0.25) is 0 Å². The van der Waals surface area contributed by atoms with Crippen LogP contribution in [-0.2, 0) is 9.47 Å². The first-order valence-electron chi connectivity index (χ1n) is 5.70. The van der Waals surface area contributed by atoms with E-state index in [2.05, 4.69) is 20.1 Å². The second-order valence-electron chi connectivity index (χ2n) is 4.88. The van der Waals surface area contributed by atoms with Crippen LogP contribution in [0.3, 0.4) is 0 Å². The van der Waals surface area contributed by atoms with Crippen molar-refractivity contribution >= 4 is 17.9 Å². The number of azo groups is 1. The highest BCUT2D eigenvalue weighted by atomic mass is 16.6. The average Bonchev–Trinajstić information content (AvgIpc) is 2.60. The summed E-state index contributed by atoms with van der Waals surface area (Å²) in [7, 11) is 1.13. The molecule has 1 heterocycles. The largest absolute Gasteiger partial charge is 0.452 e. The van der Waals surface area contributed by atoms with Crippen LogP contribution >= 0.6 is 0 Å². The molecule has 9 heteroatoms. The molecule has 0 aliphatic carbocycles. The van der Waals surface area contributed by atoms with Gasteiger partial charge in [0.15, 0.2) is 5.69 Å². The molecule has 9 nitrogen and oxygen atoms in total. The van der Waals surface area contributed by atoms with E-state index in [4.69, 9.17) is 4.74 Å². The van der Waals surface area contributed by atoms with Crippen LogP contribution in [0.5, 0.6) is 0 Å². The maximum absolute atomic E-state index is 11.9. The van der Waals surface area contributed by atoms with E-state index in [0.29, 0.717) is 4.68 Å². The molecular formula is C11H16N4O5. The normalized spacial score (nSPS) is 11.7. The maximum atomic E-state index is 11.9. The first-order chi connectivity index (χ1) is 9.15. The molecule has 0 spiro atoms. The molecule has 0 radical (unpaired) electrons. The number of ether oxygens (including phenoxy) is 2. The van der Waals surface area contributed by atoms with Crippen molar-refractivity contribution in [2.45, 2.75) is 33.3 Å². The van der Waals surface area contributed by atoms with Gasteiger partial charge in [0.05, 0.1) is 12.8 Å². The molecule has 110 valence electrons. The predicted octanol–water partition coefficient (Wildman–Crippen LogP) is 2.12. The number of amides is 1. The molecule has 0 unspecified atom stereocenters. The minimum Gasteiger partial charge on any atom is -0.450 e. The number of H-pyrrole nitrogens is 1. The van der Waals surface area contributed by atoms with Crippen molar-refractivity contribution in [1.29, 1.82) is 0 Å². The van der Waals surface area contributed by atoms with Gasteiger partial charge in [-0.3, -0.25) is 9.89 Å². The number of methoxy groups -OCH3 is 1. The molecule has 0 saturated carbocycles. The number of hydrogen-bond donors (Lipinski definition) is 1. The van der Waals surface area contributed by atoms with Crippen LogP contribution in [0.4, 0.5) is 15.3 Å². The van der Waals surface area contributed by atoms with Gasteiger partial charge >= 0.3 is 17.7 Å². The zero-order valence-electron chi connectivity index (χ0n) is 11.9. The van der Waals surface area contributed by atoms with E-state index in [1.807, 2.05) is 0 Å². The van der Waals surface area contributed by atoms with Crippen molar-refractivity contribution < 1.29 is 19.1 Å². The molecular weight excluding hydrogens is 268 g/mol. The molecule has 0 fully saturated rings. The Kier molecular flexibility index (Phi) is 4.43.